The SMILES string of the molecule is CCOC(=O)C1=C(O)/C(=C/c2ccccc2OCc2ccc(C)cc2)SC1=NC(=O)c1ccc(C)cc1. The number of aliphatic hydroxyl groups is 1. The van der Waals surface area contributed by atoms with Crippen molar-refractivity contribution in [2.24, 2.45) is 4.99 Å². The highest BCUT2D eigenvalue weighted by Crippen LogP contribution is 2.40. The minimum Gasteiger partial charge on any atom is -0.506 e. The number of esters is 1. The minimum atomic E-state index is -0.740. The normalized spacial score (nSPS) is 15.3. The highest BCUT2D eigenvalue weighted by atomic mass is 32.2. The van der Waals surface area contributed by atoms with Crippen LogP contribution in [-0.2, 0) is 16.1 Å². The molecular formula is C30H27NO5S. The van der Waals surface area contributed by atoms with E-state index in [1.54, 1.807) is 25.1 Å². The smallest absolute Gasteiger partial charge is 0.344 e. The molecule has 1 aliphatic rings. The summed E-state index contributed by atoms with van der Waals surface area (Å²) in [5.74, 6) is -0.925. The number of thioether (sulfide) groups is 1. The van der Waals surface area contributed by atoms with Gasteiger partial charge in [-0.05, 0) is 50.6 Å². The molecule has 1 amide bonds. The number of hydrogen-bond donors (Lipinski definition) is 1. The molecule has 37 heavy (non-hydrogen) atoms. The molecule has 0 spiro atoms. The first kappa shape index (κ1) is 26.0. The number of aliphatic hydroxyl groups excluding tert-OH is 1. The highest BCUT2D eigenvalue weighted by molar-refractivity contribution is 8.18. The number of carbonyl (C=O) groups excluding carboxylic acids is 2. The third-order valence-electron chi connectivity index (χ3n) is 5.59. The Morgan fingerprint density at radius 2 is 1.59 bits per heavy atom. The van der Waals surface area contributed by atoms with E-state index < -0.39 is 11.9 Å². The van der Waals surface area contributed by atoms with Gasteiger partial charge in [0.15, 0.2) is 0 Å². The molecule has 0 unspecified atom stereocenters. The average molecular weight is 514 g/mol. The van der Waals surface area contributed by atoms with Crippen molar-refractivity contribution >= 4 is 34.8 Å². The molecule has 6 nitrogen and oxygen atoms in total. The Bertz CT molecular complexity index is 1400. The Hall–Kier alpha value is -4.10. The van der Waals surface area contributed by atoms with Gasteiger partial charge in [-0.2, -0.15) is 0 Å². The fourth-order valence-corrected chi connectivity index (χ4v) is 4.57. The second kappa shape index (κ2) is 11.8. The predicted octanol–water partition coefficient (Wildman–Crippen LogP) is 6.58. The number of amides is 1. The molecule has 1 heterocycles. The van der Waals surface area contributed by atoms with Crippen LogP contribution in [0.5, 0.6) is 5.75 Å². The molecule has 0 saturated heterocycles. The summed E-state index contributed by atoms with van der Waals surface area (Å²) in [6.45, 7) is 6.12. The molecule has 0 aromatic heterocycles. The van der Waals surface area contributed by atoms with Gasteiger partial charge in [0.05, 0.1) is 11.5 Å². The number of nitrogens with zero attached hydrogens (tertiary/aromatic N) is 1. The van der Waals surface area contributed by atoms with Crippen molar-refractivity contribution in [3.63, 3.8) is 0 Å². The molecule has 0 bridgehead atoms. The summed E-state index contributed by atoms with van der Waals surface area (Å²) in [6, 6.07) is 22.5. The Labute approximate surface area is 220 Å². The maximum Gasteiger partial charge on any atom is 0.344 e. The second-order valence-corrected chi connectivity index (χ2v) is 9.49. The van der Waals surface area contributed by atoms with Gasteiger partial charge in [0, 0.05) is 11.1 Å². The summed E-state index contributed by atoms with van der Waals surface area (Å²) in [5.41, 5.74) is 4.17. The second-order valence-electron chi connectivity index (χ2n) is 8.45. The topological polar surface area (TPSA) is 85.2 Å². The molecule has 3 aromatic rings. The van der Waals surface area contributed by atoms with Crippen LogP contribution >= 0.6 is 11.8 Å². The van der Waals surface area contributed by atoms with Crippen molar-refractivity contribution < 1.29 is 24.2 Å². The largest absolute Gasteiger partial charge is 0.506 e. The van der Waals surface area contributed by atoms with Crippen molar-refractivity contribution in [2.75, 3.05) is 6.61 Å². The first-order valence-electron chi connectivity index (χ1n) is 11.8. The number of hydrogen-bond acceptors (Lipinski definition) is 6. The van der Waals surface area contributed by atoms with Crippen LogP contribution in [0.25, 0.3) is 6.08 Å². The molecule has 3 aromatic carbocycles. The molecule has 188 valence electrons. The first-order chi connectivity index (χ1) is 17.9. The van der Waals surface area contributed by atoms with Gasteiger partial charge in [0.2, 0.25) is 0 Å². The monoisotopic (exact) mass is 513 g/mol. The van der Waals surface area contributed by atoms with Gasteiger partial charge < -0.3 is 14.6 Å². The summed E-state index contributed by atoms with van der Waals surface area (Å²) in [5, 5.41) is 11.1. The molecule has 0 atom stereocenters. The Kier molecular flexibility index (Phi) is 8.25. The fraction of sp³-hybridized carbons (Fsp3) is 0.167. The molecular weight excluding hydrogens is 486 g/mol. The minimum absolute atomic E-state index is 0.0887. The van der Waals surface area contributed by atoms with Crippen LogP contribution in [0, 0.1) is 13.8 Å². The molecule has 0 saturated carbocycles. The van der Waals surface area contributed by atoms with E-state index in [1.807, 2.05) is 74.5 Å². The number of carbonyl (C=O) groups is 2. The summed E-state index contributed by atoms with van der Waals surface area (Å²) in [7, 11) is 0. The maximum absolute atomic E-state index is 12.8. The molecule has 1 N–H and O–H groups in total. The first-order valence-corrected chi connectivity index (χ1v) is 12.6. The molecule has 0 aliphatic carbocycles. The van der Waals surface area contributed by atoms with Crippen LogP contribution in [-0.4, -0.2) is 28.6 Å². The number of aliphatic imine (C=N–C) groups is 1. The zero-order valence-electron chi connectivity index (χ0n) is 20.9. The van der Waals surface area contributed by atoms with Gasteiger partial charge in [-0.15, -0.1) is 0 Å². The zero-order valence-corrected chi connectivity index (χ0v) is 21.7. The van der Waals surface area contributed by atoms with E-state index in [2.05, 4.69) is 4.99 Å². The van der Waals surface area contributed by atoms with Gasteiger partial charge in [-0.25, -0.2) is 9.79 Å². The lowest BCUT2D eigenvalue weighted by Gasteiger charge is -2.10. The van der Waals surface area contributed by atoms with Crippen molar-refractivity contribution in [2.45, 2.75) is 27.4 Å². The summed E-state index contributed by atoms with van der Waals surface area (Å²) in [4.78, 5) is 30.0. The number of para-hydroxylation sites is 1. The van der Waals surface area contributed by atoms with Crippen molar-refractivity contribution in [3.05, 3.63) is 117 Å². The number of ether oxygens (including phenoxy) is 2. The Morgan fingerprint density at radius 3 is 2.27 bits per heavy atom. The van der Waals surface area contributed by atoms with E-state index in [0.717, 1.165) is 22.9 Å². The van der Waals surface area contributed by atoms with Crippen LogP contribution in [0.15, 0.2) is 94.0 Å². The molecule has 4 rings (SSSR count). The Balaban J connectivity index is 1.65. The molecule has 0 radical (unpaired) electrons. The van der Waals surface area contributed by atoms with E-state index in [4.69, 9.17) is 9.47 Å². The lowest BCUT2D eigenvalue weighted by molar-refractivity contribution is -0.138. The maximum atomic E-state index is 12.8. The zero-order chi connectivity index (χ0) is 26.4. The summed E-state index contributed by atoms with van der Waals surface area (Å²) in [6.07, 6.45) is 1.71. The number of rotatable bonds is 7. The van der Waals surface area contributed by atoms with Crippen LogP contribution in [0.4, 0.5) is 0 Å². The van der Waals surface area contributed by atoms with Gasteiger partial charge in [0.1, 0.15) is 28.7 Å². The molecule has 0 fully saturated rings. The third kappa shape index (κ3) is 6.37. The predicted molar refractivity (Wildman–Crippen MR) is 147 cm³/mol. The highest BCUT2D eigenvalue weighted by Gasteiger charge is 2.34. The number of benzene rings is 3. The Morgan fingerprint density at radius 1 is 0.946 bits per heavy atom. The molecule has 1 aliphatic heterocycles. The average Bonchev–Trinajstić information content (AvgIpc) is 3.19. The van der Waals surface area contributed by atoms with Gasteiger partial charge in [0.25, 0.3) is 5.91 Å². The lowest BCUT2D eigenvalue weighted by atomic mass is 10.1. The third-order valence-corrected chi connectivity index (χ3v) is 6.61. The quantitative estimate of drug-likeness (QED) is 0.359. The van der Waals surface area contributed by atoms with Crippen LogP contribution in [0.1, 0.15) is 39.5 Å². The fourth-order valence-electron chi connectivity index (χ4n) is 3.56. The van der Waals surface area contributed by atoms with E-state index >= 15 is 0 Å². The van der Waals surface area contributed by atoms with Crippen molar-refractivity contribution in [1.29, 1.82) is 0 Å². The van der Waals surface area contributed by atoms with Crippen molar-refractivity contribution in [3.8, 4) is 5.75 Å². The van der Waals surface area contributed by atoms with E-state index in [-0.39, 0.29) is 23.0 Å². The van der Waals surface area contributed by atoms with Crippen LogP contribution in [0.3, 0.4) is 0 Å². The van der Waals surface area contributed by atoms with E-state index in [9.17, 15) is 14.7 Å². The van der Waals surface area contributed by atoms with Gasteiger partial charge in [-0.1, -0.05) is 77.5 Å². The standard InChI is InChI=1S/C30H27NO5S/c1-4-35-30(34)26-27(32)25(37-29(26)31-28(33)22-15-11-20(3)12-16-22)17-23-7-5-6-8-24(23)36-18-21-13-9-19(2)10-14-21/h5-17,32H,4,18H2,1-3H3/b25-17-,31-29?. The van der Waals surface area contributed by atoms with Crippen molar-refractivity contribution in [1.82, 2.24) is 0 Å². The summed E-state index contributed by atoms with van der Waals surface area (Å²) < 4.78 is 11.2. The van der Waals surface area contributed by atoms with E-state index in [0.29, 0.717) is 28.4 Å². The lowest BCUT2D eigenvalue weighted by Crippen LogP contribution is -2.14. The number of aryl methyl sites for hydroxylation is 2. The molecule has 7 heteroatoms. The van der Waals surface area contributed by atoms with Gasteiger partial charge >= 0.3 is 5.97 Å². The van der Waals surface area contributed by atoms with Crippen LogP contribution < -0.4 is 4.74 Å². The summed E-state index contributed by atoms with van der Waals surface area (Å²) >= 11 is 1.04. The van der Waals surface area contributed by atoms with Crippen LogP contribution in [0.2, 0.25) is 0 Å². The van der Waals surface area contributed by atoms with Gasteiger partial charge in [-0.3, -0.25) is 4.79 Å². The van der Waals surface area contributed by atoms with E-state index in [1.165, 1.54) is 5.56 Å².